The van der Waals surface area contributed by atoms with Crippen LogP contribution in [0.15, 0.2) is 24.3 Å². The first kappa shape index (κ1) is 20.3. The molecule has 0 radical (unpaired) electrons. The molecule has 1 aromatic carbocycles. The van der Waals surface area contributed by atoms with E-state index in [2.05, 4.69) is 9.57 Å². The van der Waals surface area contributed by atoms with Gasteiger partial charge in [0.2, 0.25) is 0 Å². The van der Waals surface area contributed by atoms with Crippen molar-refractivity contribution >= 4 is 12.0 Å². The fourth-order valence-corrected chi connectivity index (χ4v) is 2.02. The molecule has 0 saturated carbocycles. The van der Waals surface area contributed by atoms with Crippen molar-refractivity contribution in [2.75, 3.05) is 27.4 Å². The number of benzene rings is 1. The summed E-state index contributed by atoms with van der Waals surface area (Å²) in [6.07, 6.45) is 6.16. The monoisotopic (exact) mass is 353 g/mol. The molecule has 0 heterocycles. The van der Waals surface area contributed by atoms with Crippen molar-refractivity contribution in [3.8, 4) is 11.5 Å². The highest BCUT2D eigenvalue weighted by Gasteiger charge is 2.05. The molecule has 0 spiro atoms. The van der Waals surface area contributed by atoms with Gasteiger partial charge in [-0.1, -0.05) is 18.9 Å². The molecule has 0 fully saturated rings. The van der Waals surface area contributed by atoms with Gasteiger partial charge in [-0.15, -0.1) is 10.1 Å². The largest absolute Gasteiger partial charge is 0.493 e. The van der Waals surface area contributed by atoms with Crippen LogP contribution in [0.5, 0.6) is 11.5 Å². The van der Waals surface area contributed by atoms with Crippen LogP contribution in [0.1, 0.15) is 31.2 Å². The molecular weight excluding hydrogens is 330 g/mol. The Morgan fingerprint density at radius 3 is 2.48 bits per heavy atom. The molecule has 0 aromatic heterocycles. The summed E-state index contributed by atoms with van der Waals surface area (Å²) in [4.78, 5) is 25.3. The zero-order valence-corrected chi connectivity index (χ0v) is 14.4. The van der Waals surface area contributed by atoms with Gasteiger partial charge in [-0.05, 0) is 36.6 Å². The van der Waals surface area contributed by atoms with Crippen LogP contribution in [0.4, 0.5) is 0 Å². The van der Waals surface area contributed by atoms with Crippen LogP contribution in [0, 0.1) is 10.1 Å². The number of rotatable bonds is 12. The number of hydrogen-bond acceptors (Lipinski definition) is 7. The molecule has 1 rings (SSSR count). The van der Waals surface area contributed by atoms with Crippen molar-refractivity contribution in [1.29, 1.82) is 0 Å². The number of carbonyl (C=O) groups excluding carboxylic acids is 1. The molecule has 0 atom stereocenters. The molecule has 0 aliphatic rings. The Kier molecular flexibility index (Phi) is 9.50. The van der Waals surface area contributed by atoms with Gasteiger partial charge in [0, 0.05) is 6.08 Å². The fraction of sp³-hybridized carbons (Fsp3) is 0.471. The molecular formula is C17H23NO7. The van der Waals surface area contributed by atoms with Crippen molar-refractivity contribution < 1.29 is 28.9 Å². The highest BCUT2D eigenvalue weighted by molar-refractivity contribution is 5.87. The smallest absolute Gasteiger partial charge is 0.330 e. The van der Waals surface area contributed by atoms with Crippen molar-refractivity contribution in [2.45, 2.75) is 25.7 Å². The maximum Gasteiger partial charge on any atom is 0.330 e. The van der Waals surface area contributed by atoms with E-state index in [4.69, 9.17) is 9.47 Å². The van der Waals surface area contributed by atoms with Crippen LogP contribution in [0.2, 0.25) is 0 Å². The van der Waals surface area contributed by atoms with Crippen molar-refractivity contribution in [2.24, 2.45) is 0 Å². The van der Waals surface area contributed by atoms with Crippen LogP contribution in [0.25, 0.3) is 6.08 Å². The topological polar surface area (TPSA) is 97.1 Å². The van der Waals surface area contributed by atoms with E-state index in [0.29, 0.717) is 24.5 Å². The Bertz CT molecular complexity index is 586. The van der Waals surface area contributed by atoms with Gasteiger partial charge in [-0.2, -0.15) is 0 Å². The first-order chi connectivity index (χ1) is 12.1. The Morgan fingerprint density at radius 2 is 1.84 bits per heavy atom. The molecule has 1 aromatic rings. The molecule has 0 amide bonds. The van der Waals surface area contributed by atoms with E-state index in [-0.39, 0.29) is 6.61 Å². The quantitative estimate of drug-likeness (QED) is 0.187. The maximum atomic E-state index is 11.1. The minimum atomic E-state index is -0.778. The third kappa shape index (κ3) is 8.59. The Balaban J connectivity index is 2.37. The molecule has 25 heavy (non-hydrogen) atoms. The van der Waals surface area contributed by atoms with Gasteiger partial charge in [0.25, 0.3) is 5.09 Å². The summed E-state index contributed by atoms with van der Waals surface area (Å²) in [5.41, 5.74) is 0.792. The maximum absolute atomic E-state index is 11.1. The second-order valence-electron chi connectivity index (χ2n) is 5.09. The molecule has 0 aliphatic heterocycles. The Hall–Kier alpha value is -2.77. The van der Waals surface area contributed by atoms with E-state index in [0.717, 1.165) is 24.8 Å². The molecule has 0 N–H and O–H groups in total. The van der Waals surface area contributed by atoms with Crippen LogP contribution in [-0.2, 0) is 14.4 Å². The average molecular weight is 353 g/mol. The summed E-state index contributed by atoms with van der Waals surface area (Å²) in [6, 6.07) is 5.36. The molecule has 0 bridgehead atoms. The van der Waals surface area contributed by atoms with Crippen LogP contribution < -0.4 is 9.47 Å². The second kappa shape index (κ2) is 11.7. The minimum absolute atomic E-state index is 0.127. The average Bonchev–Trinajstić information content (AvgIpc) is 2.61. The predicted molar refractivity (Wildman–Crippen MR) is 91.0 cm³/mol. The van der Waals surface area contributed by atoms with Crippen LogP contribution in [-0.4, -0.2) is 38.5 Å². The molecule has 0 unspecified atom stereocenters. The standard InChI is InChI=1S/C17H23NO7/c1-22-16-13-14(8-10-17(19)23-2)7-9-15(16)24-11-5-3-4-6-12-25-18(20)21/h7-10,13H,3-6,11-12H2,1-2H3. The van der Waals surface area contributed by atoms with E-state index in [1.54, 1.807) is 25.3 Å². The number of nitrogens with zero attached hydrogens (tertiary/aromatic N) is 1. The number of ether oxygens (including phenoxy) is 3. The lowest BCUT2D eigenvalue weighted by Crippen LogP contribution is -2.03. The van der Waals surface area contributed by atoms with E-state index < -0.39 is 11.1 Å². The number of esters is 1. The van der Waals surface area contributed by atoms with Crippen LogP contribution in [0.3, 0.4) is 0 Å². The SMILES string of the molecule is COC(=O)C=Cc1ccc(OCCCCCCO[N+](=O)[O-])c(OC)c1. The van der Waals surface area contributed by atoms with E-state index in [9.17, 15) is 14.9 Å². The van der Waals surface area contributed by atoms with Crippen molar-refractivity contribution in [3.63, 3.8) is 0 Å². The molecule has 0 aliphatic carbocycles. The van der Waals surface area contributed by atoms with Crippen molar-refractivity contribution in [3.05, 3.63) is 40.0 Å². The third-order valence-corrected chi connectivity index (χ3v) is 3.29. The van der Waals surface area contributed by atoms with Crippen LogP contribution >= 0.6 is 0 Å². The third-order valence-electron chi connectivity index (χ3n) is 3.29. The lowest BCUT2D eigenvalue weighted by molar-refractivity contribution is -0.757. The lowest BCUT2D eigenvalue weighted by Gasteiger charge is -2.11. The number of unbranched alkanes of at least 4 members (excludes halogenated alkanes) is 3. The summed E-state index contributed by atoms with van der Waals surface area (Å²) < 4.78 is 15.5. The molecule has 0 saturated heterocycles. The summed E-state index contributed by atoms with van der Waals surface area (Å²) in [6.45, 7) is 0.645. The van der Waals surface area contributed by atoms with E-state index in [1.165, 1.54) is 13.2 Å². The summed E-state index contributed by atoms with van der Waals surface area (Å²) in [5, 5.41) is 9.21. The number of hydrogen-bond donors (Lipinski definition) is 0. The fourth-order valence-electron chi connectivity index (χ4n) is 2.02. The zero-order valence-electron chi connectivity index (χ0n) is 14.4. The van der Waals surface area contributed by atoms with Gasteiger partial charge in [-0.3, -0.25) is 0 Å². The van der Waals surface area contributed by atoms with Gasteiger partial charge in [-0.25, -0.2) is 4.79 Å². The molecule has 138 valence electrons. The zero-order chi connectivity index (χ0) is 18.5. The van der Waals surface area contributed by atoms with Gasteiger partial charge < -0.3 is 19.0 Å². The van der Waals surface area contributed by atoms with Gasteiger partial charge in [0.05, 0.1) is 27.4 Å². The first-order valence-corrected chi connectivity index (χ1v) is 7.91. The Morgan fingerprint density at radius 1 is 1.12 bits per heavy atom. The Labute approximate surface area is 146 Å². The minimum Gasteiger partial charge on any atom is -0.493 e. The van der Waals surface area contributed by atoms with Gasteiger partial charge >= 0.3 is 5.97 Å². The predicted octanol–water partition coefficient (Wildman–Crippen LogP) is 3.03. The van der Waals surface area contributed by atoms with E-state index >= 15 is 0 Å². The van der Waals surface area contributed by atoms with E-state index in [1.807, 2.05) is 6.07 Å². The molecule has 8 nitrogen and oxygen atoms in total. The second-order valence-corrected chi connectivity index (χ2v) is 5.09. The highest BCUT2D eigenvalue weighted by Crippen LogP contribution is 2.28. The number of carbonyl (C=O) groups is 1. The normalized spacial score (nSPS) is 10.5. The molecule has 8 heteroatoms. The van der Waals surface area contributed by atoms with Gasteiger partial charge in [0.15, 0.2) is 11.5 Å². The lowest BCUT2D eigenvalue weighted by atomic mass is 10.2. The summed E-state index contributed by atoms with van der Waals surface area (Å²) in [5.74, 6) is 0.767. The van der Waals surface area contributed by atoms with Crippen molar-refractivity contribution in [1.82, 2.24) is 0 Å². The van der Waals surface area contributed by atoms with Gasteiger partial charge in [0.1, 0.15) is 0 Å². The summed E-state index contributed by atoms with van der Waals surface area (Å²) in [7, 11) is 2.87. The summed E-state index contributed by atoms with van der Waals surface area (Å²) >= 11 is 0. The number of methoxy groups -OCH3 is 2. The first-order valence-electron chi connectivity index (χ1n) is 7.91. The highest BCUT2D eigenvalue weighted by atomic mass is 16.9.